The van der Waals surface area contributed by atoms with Crippen molar-refractivity contribution in [1.82, 2.24) is 5.32 Å². The summed E-state index contributed by atoms with van der Waals surface area (Å²) in [4.78, 5) is 37.5. The van der Waals surface area contributed by atoms with Crippen molar-refractivity contribution >= 4 is 23.5 Å². The van der Waals surface area contributed by atoms with Gasteiger partial charge in [0.15, 0.2) is 6.61 Å². The fourth-order valence-corrected chi connectivity index (χ4v) is 3.29. The lowest BCUT2D eigenvalue weighted by Gasteiger charge is -2.21. The van der Waals surface area contributed by atoms with Gasteiger partial charge in [0.05, 0.1) is 17.2 Å². The highest BCUT2D eigenvalue weighted by molar-refractivity contribution is 6.04. The molecule has 2 aromatic carbocycles. The molecule has 6 nitrogen and oxygen atoms in total. The quantitative estimate of drug-likeness (QED) is 0.617. The number of esters is 1. The van der Waals surface area contributed by atoms with Crippen LogP contribution in [0.3, 0.4) is 0 Å². The van der Waals surface area contributed by atoms with E-state index in [1.54, 1.807) is 24.3 Å². The molecular weight excluding hydrogens is 380 g/mol. The number of hydrogen-bond donors (Lipinski definition) is 2. The lowest BCUT2D eigenvalue weighted by atomic mass is 9.86. The molecule has 158 valence electrons. The molecule has 2 atom stereocenters. The second-order valence-corrected chi connectivity index (χ2v) is 7.72. The smallest absolute Gasteiger partial charge is 0.314 e. The SMILES string of the molecule is CC[C@@H](C)[C@H](C(=O)OCC(=O)Nc1ccccc1C(=O)NC1CC1)c1ccccc1. The normalized spacial score (nSPS) is 15.0. The van der Waals surface area contributed by atoms with E-state index in [9.17, 15) is 14.4 Å². The molecule has 1 saturated carbocycles. The van der Waals surface area contributed by atoms with E-state index in [0.717, 1.165) is 24.8 Å². The Kier molecular flexibility index (Phi) is 7.22. The predicted octanol–water partition coefficient (Wildman–Crippen LogP) is 3.89. The van der Waals surface area contributed by atoms with Crippen molar-refractivity contribution in [3.05, 3.63) is 65.7 Å². The number of nitrogens with one attached hydrogen (secondary N) is 2. The van der Waals surface area contributed by atoms with Gasteiger partial charge in [0, 0.05) is 6.04 Å². The molecule has 0 unspecified atom stereocenters. The van der Waals surface area contributed by atoms with Crippen LogP contribution in [0.4, 0.5) is 5.69 Å². The van der Waals surface area contributed by atoms with Gasteiger partial charge in [0.2, 0.25) is 0 Å². The first-order valence-electron chi connectivity index (χ1n) is 10.4. The van der Waals surface area contributed by atoms with E-state index >= 15 is 0 Å². The Morgan fingerprint density at radius 2 is 1.70 bits per heavy atom. The van der Waals surface area contributed by atoms with Gasteiger partial charge in [-0.3, -0.25) is 14.4 Å². The van der Waals surface area contributed by atoms with Gasteiger partial charge in [-0.2, -0.15) is 0 Å². The van der Waals surface area contributed by atoms with Crippen molar-refractivity contribution in [2.45, 2.75) is 45.1 Å². The van der Waals surface area contributed by atoms with Crippen LogP contribution in [0.15, 0.2) is 54.6 Å². The molecule has 0 bridgehead atoms. The fourth-order valence-electron chi connectivity index (χ4n) is 3.29. The second-order valence-electron chi connectivity index (χ2n) is 7.72. The summed E-state index contributed by atoms with van der Waals surface area (Å²) in [5.74, 6) is -1.47. The van der Waals surface area contributed by atoms with Gasteiger partial charge in [0.25, 0.3) is 11.8 Å². The molecule has 2 N–H and O–H groups in total. The van der Waals surface area contributed by atoms with Gasteiger partial charge >= 0.3 is 5.97 Å². The second kappa shape index (κ2) is 10.1. The molecule has 0 heterocycles. The van der Waals surface area contributed by atoms with Crippen LogP contribution >= 0.6 is 0 Å². The summed E-state index contributed by atoms with van der Waals surface area (Å²) in [7, 11) is 0. The third-order valence-electron chi connectivity index (χ3n) is 5.33. The zero-order valence-electron chi connectivity index (χ0n) is 17.4. The van der Waals surface area contributed by atoms with Crippen LogP contribution in [0, 0.1) is 5.92 Å². The number of rotatable bonds is 9. The maximum absolute atomic E-state index is 12.7. The van der Waals surface area contributed by atoms with E-state index in [1.807, 2.05) is 44.2 Å². The zero-order chi connectivity index (χ0) is 21.5. The number of carbonyl (C=O) groups is 3. The fraction of sp³-hybridized carbons (Fsp3) is 0.375. The maximum Gasteiger partial charge on any atom is 0.314 e. The van der Waals surface area contributed by atoms with E-state index in [1.165, 1.54) is 0 Å². The average Bonchev–Trinajstić information content (AvgIpc) is 3.57. The first-order chi connectivity index (χ1) is 14.5. The summed E-state index contributed by atoms with van der Waals surface area (Å²) >= 11 is 0. The number of anilines is 1. The minimum Gasteiger partial charge on any atom is -0.455 e. The highest BCUT2D eigenvalue weighted by Gasteiger charge is 2.28. The lowest BCUT2D eigenvalue weighted by Crippen LogP contribution is -2.29. The van der Waals surface area contributed by atoms with Crippen LogP contribution in [0.25, 0.3) is 0 Å². The predicted molar refractivity (Wildman–Crippen MR) is 115 cm³/mol. The minimum absolute atomic E-state index is 0.0785. The van der Waals surface area contributed by atoms with E-state index in [-0.39, 0.29) is 17.9 Å². The van der Waals surface area contributed by atoms with Gasteiger partial charge in [-0.1, -0.05) is 62.7 Å². The Morgan fingerprint density at radius 1 is 1.03 bits per heavy atom. The number of ether oxygens (including phenoxy) is 1. The van der Waals surface area contributed by atoms with Crippen LogP contribution in [-0.4, -0.2) is 30.4 Å². The lowest BCUT2D eigenvalue weighted by molar-refractivity contribution is -0.150. The third-order valence-corrected chi connectivity index (χ3v) is 5.33. The van der Waals surface area contributed by atoms with Crippen molar-refractivity contribution in [3.8, 4) is 0 Å². The van der Waals surface area contributed by atoms with E-state index < -0.39 is 24.4 Å². The van der Waals surface area contributed by atoms with Crippen LogP contribution in [0.2, 0.25) is 0 Å². The third kappa shape index (κ3) is 5.69. The van der Waals surface area contributed by atoms with Gasteiger partial charge in [-0.25, -0.2) is 0 Å². The Bertz CT molecular complexity index is 893. The molecule has 0 aromatic heterocycles. The van der Waals surface area contributed by atoms with Gasteiger partial charge in [-0.15, -0.1) is 0 Å². The standard InChI is InChI=1S/C24H28N2O4/c1-3-16(2)22(17-9-5-4-6-10-17)24(29)30-15-21(27)26-20-12-8-7-11-19(20)23(28)25-18-13-14-18/h4-12,16,18,22H,3,13-15H2,1-2H3,(H,25,28)(H,26,27)/t16-,22+/m1/s1. The summed E-state index contributed by atoms with van der Waals surface area (Å²) < 4.78 is 5.34. The topological polar surface area (TPSA) is 84.5 Å². The molecule has 2 aromatic rings. The van der Waals surface area contributed by atoms with E-state index in [2.05, 4.69) is 10.6 Å². The molecular formula is C24H28N2O4. The van der Waals surface area contributed by atoms with E-state index in [4.69, 9.17) is 4.74 Å². The summed E-state index contributed by atoms with van der Waals surface area (Å²) in [5.41, 5.74) is 1.67. The monoisotopic (exact) mass is 408 g/mol. The molecule has 30 heavy (non-hydrogen) atoms. The molecule has 1 aliphatic carbocycles. The zero-order valence-corrected chi connectivity index (χ0v) is 17.4. The minimum atomic E-state index is -0.481. The van der Waals surface area contributed by atoms with Crippen LogP contribution in [0.5, 0.6) is 0 Å². The van der Waals surface area contributed by atoms with E-state index in [0.29, 0.717) is 11.3 Å². The van der Waals surface area contributed by atoms with Crippen LogP contribution in [-0.2, 0) is 14.3 Å². The van der Waals surface area contributed by atoms with Crippen LogP contribution in [0.1, 0.15) is 54.9 Å². The Morgan fingerprint density at radius 3 is 2.37 bits per heavy atom. The Labute approximate surface area is 177 Å². The Balaban J connectivity index is 1.61. The van der Waals surface area contributed by atoms with Crippen molar-refractivity contribution < 1.29 is 19.1 Å². The summed E-state index contributed by atoms with van der Waals surface area (Å²) in [6.45, 7) is 3.61. The van der Waals surface area contributed by atoms with Crippen molar-refractivity contribution in [2.24, 2.45) is 5.92 Å². The number of benzene rings is 2. The largest absolute Gasteiger partial charge is 0.455 e. The highest BCUT2D eigenvalue weighted by atomic mass is 16.5. The van der Waals surface area contributed by atoms with Gasteiger partial charge in [0.1, 0.15) is 0 Å². The van der Waals surface area contributed by atoms with Crippen molar-refractivity contribution in [3.63, 3.8) is 0 Å². The van der Waals surface area contributed by atoms with Crippen molar-refractivity contribution in [2.75, 3.05) is 11.9 Å². The molecule has 1 fully saturated rings. The summed E-state index contributed by atoms with van der Waals surface area (Å²) in [5, 5.41) is 5.60. The molecule has 0 saturated heterocycles. The number of carbonyl (C=O) groups excluding carboxylic acids is 3. The first kappa shape index (κ1) is 21.6. The molecule has 2 amide bonds. The van der Waals surface area contributed by atoms with Gasteiger partial charge in [-0.05, 0) is 36.5 Å². The Hall–Kier alpha value is -3.15. The first-order valence-corrected chi connectivity index (χ1v) is 10.4. The maximum atomic E-state index is 12.7. The highest BCUT2D eigenvalue weighted by Crippen LogP contribution is 2.28. The molecule has 0 radical (unpaired) electrons. The number of hydrogen-bond acceptors (Lipinski definition) is 4. The molecule has 6 heteroatoms. The van der Waals surface area contributed by atoms with Crippen molar-refractivity contribution in [1.29, 1.82) is 0 Å². The molecule has 1 aliphatic rings. The van der Waals surface area contributed by atoms with Crippen LogP contribution < -0.4 is 10.6 Å². The number of para-hydroxylation sites is 1. The number of amides is 2. The molecule has 0 aliphatic heterocycles. The molecule has 0 spiro atoms. The average molecular weight is 408 g/mol. The molecule has 3 rings (SSSR count). The summed E-state index contributed by atoms with van der Waals surface area (Å²) in [6, 6.07) is 16.5. The van der Waals surface area contributed by atoms with Gasteiger partial charge < -0.3 is 15.4 Å². The summed E-state index contributed by atoms with van der Waals surface area (Å²) in [6.07, 6.45) is 2.77.